The molecule has 3 heteroatoms. The minimum Gasteiger partial charge on any atom is -0.378 e. The lowest BCUT2D eigenvalue weighted by Crippen LogP contribution is -2.81. The van der Waals surface area contributed by atoms with Gasteiger partial charge in [-0.2, -0.15) is 0 Å². The third-order valence-electron chi connectivity index (χ3n) is 2.55. The van der Waals surface area contributed by atoms with Gasteiger partial charge in [-0.25, -0.2) is 0 Å². The molecule has 90 valence electrons. The van der Waals surface area contributed by atoms with Crippen molar-refractivity contribution in [3.05, 3.63) is 35.4 Å². The summed E-state index contributed by atoms with van der Waals surface area (Å²) < 4.78 is 0. The Morgan fingerprint density at radius 1 is 1.35 bits per heavy atom. The summed E-state index contributed by atoms with van der Waals surface area (Å²) in [6.45, 7) is 4.59. The molecule has 0 spiro atoms. The van der Waals surface area contributed by atoms with E-state index < -0.39 is 5.60 Å². The Morgan fingerprint density at radius 2 is 2.06 bits per heavy atom. The Morgan fingerprint density at radius 3 is 2.59 bits per heavy atom. The maximum absolute atomic E-state index is 9.52. The van der Waals surface area contributed by atoms with E-state index in [1.165, 1.54) is 17.9 Å². The van der Waals surface area contributed by atoms with Crippen LogP contribution in [0.3, 0.4) is 0 Å². The van der Waals surface area contributed by atoms with Gasteiger partial charge < -0.3 is 10.4 Å². The van der Waals surface area contributed by atoms with Crippen LogP contribution in [0.25, 0.3) is 0 Å². The molecule has 1 fully saturated rings. The van der Waals surface area contributed by atoms with Crippen molar-refractivity contribution in [2.24, 2.45) is 0 Å². The molecule has 3 N–H and O–H groups in total. The highest BCUT2D eigenvalue weighted by molar-refractivity contribution is 7.99. The van der Waals surface area contributed by atoms with Crippen LogP contribution < -0.4 is 5.32 Å². The van der Waals surface area contributed by atoms with E-state index >= 15 is 0 Å². The van der Waals surface area contributed by atoms with Crippen molar-refractivity contribution < 1.29 is 10.4 Å². The molecule has 2 rings (SSSR count). The number of benzene rings is 1. The first kappa shape index (κ1) is 12.5. The molecule has 1 aliphatic rings. The van der Waals surface area contributed by atoms with Gasteiger partial charge in [0, 0.05) is 16.9 Å². The standard InChI is InChI=1S/C14H17NOS/c1-14(2,16)8-7-11-3-5-12(6-4-11)13-15-9-10-17-13/h3-6,13,15-16H,9-10H2,1-2H3/p+1/t13-/m1/s1. The van der Waals surface area contributed by atoms with Gasteiger partial charge in [0.2, 0.25) is 0 Å². The third-order valence-corrected chi connectivity index (χ3v) is 3.84. The van der Waals surface area contributed by atoms with Crippen molar-refractivity contribution in [2.45, 2.75) is 24.8 Å². The fourth-order valence-electron chi connectivity index (χ4n) is 1.70. The van der Waals surface area contributed by atoms with Crippen LogP contribution in [-0.2, 0) is 0 Å². The number of hydrogen-bond acceptors (Lipinski definition) is 2. The lowest BCUT2D eigenvalue weighted by molar-refractivity contribution is -0.663. The number of aliphatic hydroxyl groups is 1. The zero-order chi connectivity index (χ0) is 12.3. The monoisotopic (exact) mass is 248 g/mol. The zero-order valence-corrected chi connectivity index (χ0v) is 11.1. The van der Waals surface area contributed by atoms with Crippen LogP contribution in [0.1, 0.15) is 30.3 Å². The van der Waals surface area contributed by atoms with Crippen LogP contribution in [0.4, 0.5) is 0 Å². The van der Waals surface area contributed by atoms with Gasteiger partial charge in [0.05, 0.1) is 6.54 Å². The first-order chi connectivity index (χ1) is 8.04. The fraction of sp³-hybridized carbons (Fsp3) is 0.429. The summed E-state index contributed by atoms with van der Waals surface area (Å²) in [5, 5.41) is 12.4. The molecule has 0 unspecified atom stereocenters. The molecule has 0 radical (unpaired) electrons. The second kappa shape index (κ2) is 5.14. The van der Waals surface area contributed by atoms with Crippen LogP contribution in [0.2, 0.25) is 0 Å². The van der Waals surface area contributed by atoms with Crippen molar-refractivity contribution in [3.63, 3.8) is 0 Å². The SMILES string of the molecule is CC(C)(O)C#Cc1ccc([C@@H]2[NH2+]CCS2)cc1. The van der Waals surface area contributed by atoms with Crippen LogP contribution in [0.15, 0.2) is 24.3 Å². The van der Waals surface area contributed by atoms with Crippen LogP contribution in [0.5, 0.6) is 0 Å². The molecule has 1 heterocycles. The van der Waals surface area contributed by atoms with Crippen molar-refractivity contribution in [1.29, 1.82) is 0 Å². The Hall–Kier alpha value is -0.950. The smallest absolute Gasteiger partial charge is 0.159 e. The topological polar surface area (TPSA) is 36.8 Å². The molecular formula is C14H18NOS+. The highest BCUT2D eigenvalue weighted by atomic mass is 32.2. The summed E-state index contributed by atoms with van der Waals surface area (Å²) in [7, 11) is 0. The molecule has 1 atom stereocenters. The van der Waals surface area contributed by atoms with E-state index in [9.17, 15) is 5.11 Å². The molecule has 0 saturated carbocycles. The Kier molecular flexibility index (Phi) is 3.78. The van der Waals surface area contributed by atoms with Crippen molar-refractivity contribution >= 4 is 11.8 Å². The second-order valence-electron chi connectivity index (χ2n) is 4.75. The van der Waals surface area contributed by atoms with Gasteiger partial charge in [-0.1, -0.05) is 35.7 Å². The predicted molar refractivity (Wildman–Crippen MR) is 71.6 cm³/mol. The first-order valence-electron chi connectivity index (χ1n) is 5.85. The average molecular weight is 248 g/mol. The van der Waals surface area contributed by atoms with E-state index in [-0.39, 0.29) is 0 Å². The van der Waals surface area contributed by atoms with E-state index in [2.05, 4.69) is 29.3 Å². The molecular weight excluding hydrogens is 230 g/mol. The van der Waals surface area contributed by atoms with Crippen molar-refractivity contribution in [3.8, 4) is 11.8 Å². The summed E-state index contributed by atoms with van der Waals surface area (Å²) in [6, 6.07) is 8.32. The maximum Gasteiger partial charge on any atom is 0.159 e. The van der Waals surface area contributed by atoms with Crippen LogP contribution >= 0.6 is 11.8 Å². The number of hydrogen-bond donors (Lipinski definition) is 2. The number of nitrogens with two attached hydrogens (primary N) is 1. The van der Waals surface area contributed by atoms with Gasteiger partial charge in [0.1, 0.15) is 5.60 Å². The molecule has 0 aliphatic carbocycles. The highest BCUT2D eigenvalue weighted by Crippen LogP contribution is 2.24. The number of quaternary nitrogens is 1. The molecule has 0 amide bonds. The highest BCUT2D eigenvalue weighted by Gasteiger charge is 2.20. The molecule has 17 heavy (non-hydrogen) atoms. The molecule has 1 aliphatic heterocycles. The number of thioether (sulfide) groups is 1. The first-order valence-corrected chi connectivity index (χ1v) is 6.90. The van der Waals surface area contributed by atoms with Crippen LogP contribution in [0, 0.1) is 11.8 Å². The maximum atomic E-state index is 9.52. The lowest BCUT2D eigenvalue weighted by Gasteiger charge is -2.07. The van der Waals surface area contributed by atoms with E-state index in [1.807, 2.05) is 23.9 Å². The third kappa shape index (κ3) is 3.78. The Balaban J connectivity index is 2.09. The quantitative estimate of drug-likeness (QED) is 0.731. The van der Waals surface area contributed by atoms with Gasteiger partial charge in [-0.15, -0.1) is 0 Å². The molecule has 1 aromatic carbocycles. The van der Waals surface area contributed by atoms with Crippen molar-refractivity contribution in [1.82, 2.24) is 0 Å². The lowest BCUT2D eigenvalue weighted by atomic mass is 10.1. The van der Waals surface area contributed by atoms with Gasteiger partial charge in [0.15, 0.2) is 5.37 Å². The summed E-state index contributed by atoms with van der Waals surface area (Å²) in [6.07, 6.45) is 0. The summed E-state index contributed by atoms with van der Waals surface area (Å²) in [5.41, 5.74) is 1.38. The summed E-state index contributed by atoms with van der Waals surface area (Å²) in [5.74, 6) is 7.03. The molecule has 2 nitrogen and oxygen atoms in total. The van der Waals surface area contributed by atoms with Gasteiger partial charge in [-0.3, -0.25) is 0 Å². The minimum atomic E-state index is -0.923. The molecule has 0 aromatic heterocycles. The molecule has 1 aromatic rings. The van der Waals surface area contributed by atoms with E-state index in [1.54, 1.807) is 13.8 Å². The van der Waals surface area contributed by atoms with Gasteiger partial charge in [0.25, 0.3) is 0 Å². The zero-order valence-electron chi connectivity index (χ0n) is 10.2. The summed E-state index contributed by atoms with van der Waals surface area (Å²) in [4.78, 5) is 0. The van der Waals surface area contributed by atoms with E-state index in [4.69, 9.17) is 0 Å². The second-order valence-corrected chi connectivity index (χ2v) is 6.00. The minimum absolute atomic E-state index is 0.547. The van der Waals surface area contributed by atoms with Crippen molar-refractivity contribution in [2.75, 3.05) is 12.3 Å². The Labute approximate surface area is 107 Å². The number of rotatable bonds is 1. The molecule has 0 bridgehead atoms. The predicted octanol–water partition coefficient (Wildman–Crippen LogP) is 1.12. The molecule has 1 saturated heterocycles. The van der Waals surface area contributed by atoms with E-state index in [0.717, 1.165) is 5.56 Å². The van der Waals surface area contributed by atoms with E-state index in [0.29, 0.717) is 5.37 Å². The largest absolute Gasteiger partial charge is 0.378 e. The normalized spacial score (nSPS) is 19.8. The fourth-order valence-corrected chi connectivity index (χ4v) is 2.84. The van der Waals surface area contributed by atoms with Gasteiger partial charge >= 0.3 is 0 Å². The van der Waals surface area contributed by atoms with Gasteiger partial charge in [-0.05, 0) is 26.0 Å². The Bertz CT molecular complexity index is 430. The summed E-state index contributed by atoms with van der Waals surface area (Å²) >= 11 is 1.99. The van der Waals surface area contributed by atoms with Crippen LogP contribution in [-0.4, -0.2) is 23.0 Å². The average Bonchev–Trinajstić information content (AvgIpc) is 2.79.